The molecule has 0 spiro atoms. The summed E-state index contributed by atoms with van der Waals surface area (Å²) in [5, 5.41) is 12.1. The molecule has 0 aliphatic carbocycles. The third-order valence-corrected chi connectivity index (χ3v) is 6.32. The van der Waals surface area contributed by atoms with Gasteiger partial charge in [-0.15, -0.1) is 0 Å². The molecule has 5 rings (SSSR count). The van der Waals surface area contributed by atoms with Gasteiger partial charge in [0.1, 0.15) is 5.82 Å². The molecule has 8 nitrogen and oxygen atoms in total. The van der Waals surface area contributed by atoms with Crippen LogP contribution in [0.2, 0.25) is 0 Å². The Labute approximate surface area is 205 Å². The highest BCUT2D eigenvalue weighted by Gasteiger charge is 2.31. The second-order valence-electron chi connectivity index (χ2n) is 9.12. The highest BCUT2D eigenvalue weighted by molar-refractivity contribution is 5.89. The molecular formula is C27H28N6O2. The minimum atomic E-state index is -0.201. The highest BCUT2D eigenvalue weighted by Crippen LogP contribution is 2.31. The summed E-state index contributed by atoms with van der Waals surface area (Å²) >= 11 is 0. The van der Waals surface area contributed by atoms with E-state index < -0.39 is 0 Å². The first-order valence-electron chi connectivity index (χ1n) is 11.9. The highest BCUT2D eigenvalue weighted by atomic mass is 16.5. The molecule has 0 saturated carbocycles. The van der Waals surface area contributed by atoms with Crippen LogP contribution in [0.4, 0.5) is 16.3 Å². The predicted octanol–water partition coefficient (Wildman–Crippen LogP) is 4.22. The average molecular weight is 469 g/mol. The van der Waals surface area contributed by atoms with E-state index in [0.29, 0.717) is 36.6 Å². The molecule has 178 valence electrons. The van der Waals surface area contributed by atoms with Gasteiger partial charge in [-0.1, -0.05) is 36.4 Å². The van der Waals surface area contributed by atoms with E-state index in [0.717, 1.165) is 35.7 Å². The molecule has 1 fully saturated rings. The second-order valence-corrected chi connectivity index (χ2v) is 9.12. The van der Waals surface area contributed by atoms with Crippen LogP contribution in [0.25, 0.3) is 11.4 Å². The number of hydrogen-bond donors (Lipinski definition) is 1. The van der Waals surface area contributed by atoms with E-state index in [2.05, 4.69) is 30.1 Å². The Hall–Kier alpha value is -3.96. The average Bonchev–Trinajstić information content (AvgIpc) is 2.87. The van der Waals surface area contributed by atoms with Crippen molar-refractivity contribution < 1.29 is 9.53 Å². The minimum Gasteiger partial charge on any atom is -0.372 e. The van der Waals surface area contributed by atoms with Gasteiger partial charge in [-0.2, -0.15) is 5.26 Å². The number of carbonyl (C=O) groups is 1. The van der Waals surface area contributed by atoms with Crippen molar-refractivity contribution in [1.29, 1.82) is 5.26 Å². The normalized spacial score (nSPS) is 19.6. The first-order valence-corrected chi connectivity index (χ1v) is 11.9. The molecule has 8 heteroatoms. The number of ether oxygens (including phenoxy) is 1. The quantitative estimate of drug-likeness (QED) is 0.619. The zero-order chi connectivity index (χ0) is 24.4. The third-order valence-electron chi connectivity index (χ3n) is 6.32. The SMILES string of the molecule is CC1CN(c2nc(-c3ccccc3)nc3c2CN(C(=O)Nc2cccc(C#N)c2)CC3)CC(C)O1. The Morgan fingerprint density at radius 1 is 1.09 bits per heavy atom. The molecule has 1 N–H and O–H groups in total. The molecule has 2 aromatic carbocycles. The lowest BCUT2D eigenvalue weighted by Crippen LogP contribution is -2.47. The maximum atomic E-state index is 13.1. The van der Waals surface area contributed by atoms with E-state index >= 15 is 0 Å². The first kappa shape index (κ1) is 22.8. The largest absolute Gasteiger partial charge is 0.372 e. The van der Waals surface area contributed by atoms with Gasteiger partial charge >= 0.3 is 6.03 Å². The van der Waals surface area contributed by atoms with E-state index in [1.807, 2.05) is 30.3 Å². The number of urea groups is 1. The van der Waals surface area contributed by atoms with E-state index in [4.69, 9.17) is 20.0 Å². The standard InChI is InChI=1S/C27H28N6O2/c1-18-15-33(16-19(2)35-18)26-23-17-32(27(34)29-22-10-6-7-20(13-22)14-28)12-11-24(23)30-25(31-26)21-8-4-3-5-9-21/h3-10,13,18-19H,11-12,15-17H2,1-2H3,(H,29,34). The molecule has 2 unspecified atom stereocenters. The van der Waals surface area contributed by atoms with Crippen LogP contribution in [0.15, 0.2) is 54.6 Å². The molecule has 3 heterocycles. The summed E-state index contributed by atoms with van der Waals surface area (Å²) in [5.74, 6) is 1.58. The number of hydrogen-bond acceptors (Lipinski definition) is 6. The molecule has 0 bridgehead atoms. The fourth-order valence-corrected chi connectivity index (χ4v) is 4.77. The number of morpholine rings is 1. The summed E-state index contributed by atoms with van der Waals surface area (Å²) in [4.78, 5) is 27.1. The van der Waals surface area contributed by atoms with Gasteiger partial charge < -0.3 is 19.9 Å². The first-order chi connectivity index (χ1) is 17.0. The molecule has 3 aromatic rings. The van der Waals surface area contributed by atoms with E-state index in [-0.39, 0.29) is 18.2 Å². The van der Waals surface area contributed by atoms with Crippen LogP contribution in [-0.2, 0) is 17.7 Å². The number of amides is 2. The Kier molecular flexibility index (Phi) is 6.34. The number of nitriles is 1. The third kappa shape index (κ3) is 4.96. The minimum absolute atomic E-state index is 0.0833. The lowest BCUT2D eigenvalue weighted by atomic mass is 10.0. The van der Waals surface area contributed by atoms with Crippen LogP contribution in [0.1, 0.15) is 30.7 Å². The number of nitrogens with one attached hydrogen (secondary N) is 1. The summed E-state index contributed by atoms with van der Waals surface area (Å²) in [6.07, 6.45) is 0.811. The Morgan fingerprint density at radius 2 is 1.86 bits per heavy atom. The van der Waals surface area contributed by atoms with E-state index in [9.17, 15) is 4.79 Å². The molecule has 2 aliphatic heterocycles. The van der Waals surface area contributed by atoms with Crippen molar-refractivity contribution in [2.24, 2.45) is 0 Å². The molecular weight excluding hydrogens is 440 g/mol. The Balaban J connectivity index is 1.46. The lowest BCUT2D eigenvalue weighted by Gasteiger charge is -2.39. The molecule has 1 saturated heterocycles. The summed E-state index contributed by atoms with van der Waals surface area (Å²) in [6.45, 7) is 6.58. The van der Waals surface area contributed by atoms with Crippen LogP contribution in [-0.4, -0.2) is 52.7 Å². The molecule has 2 aliphatic rings. The number of anilines is 2. The number of benzene rings is 2. The summed E-state index contributed by atoms with van der Waals surface area (Å²) < 4.78 is 5.96. The zero-order valence-electron chi connectivity index (χ0n) is 19.9. The Morgan fingerprint density at radius 3 is 2.60 bits per heavy atom. The van der Waals surface area contributed by atoms with Crippen LogP contribution in [0.5, 0.6) is 0 Å². The van der Waals surface area contributed by atoms with Crippen LogP contribution < -0.4 is 10.2 Å². The number of aromatic nitrogens is 2. The van der Waals surface area contributed by atoms with Gasteiger partial charge in [-0.3, -0.25) is 0 Å². The van der Waals surface area contributed by atoms with Gasteiger partial charge in [0.2, 0.25) is 0 Å². The molecule has 1 aromatic heterocycles. The fourth-order valence-electron chi connectivity index (χ4n) is 4.77. The van der Waals surface area contributed by atoms with Gasteiger partial charge in [0.15, 0.2) is 5.82 Å². The molecule has 0 radical (unpaired) electrons. The second kappa shape index (κ2) is 9.72. The van der Waals surface area contributed by atoms with Crippen molar-refractivity contribution in [2.45, 2.75) is 39.0 Å². The van der Waals surface area contributed by atoms with Gasteiger partial charge in [0.25, 0.3) is 0 Å². The van der Waals surface area contributed by atoms with Crippen molar-refractivity contribution in [3.63, 3.8) is 0 Å². The van der Waals surface area contributed by atoms with E-state index in [1.165, 1.54) is 0 Å². The fraction of sp³-hybridized carbons (Fsp3) is 0.333. The Bertz CT molecular complexity index is 1260. The van der Waals surface area contributed by atoms with Crippen molar-refractivity contribution in [3.05, 3.63) is 71.4 Å². The van der Waals surface area contributed by atoms with Crippen molar-refractivity contribution in [1.82, 2.24) is 14.9 Å². The maximum absolute atomic E-state index is 13.1. The number of carbonyl (C=O) groups excluding carboxylic acids is 1. The molecule has 2 amide bonds. The molecule has 35 heavy (non-hydrogen) atoms. The van der Waals surface area contributed by atoms with Crippen molar-refractivity contribution >= 4 is 17.5 Å². The van der Waals surface area contributed by atoms with Gasteiger partial charge in [-0.05, 0) is 32.0 Å². The van der Waals surface area contributed by atoms with Crippen LogP contribution in [0.3, 0.4) is 0 Å². The molecule has 2 atom stereocenters. The zero-order valence-corrected chi connectivity index (χ0v) is 19.9. The van der Waals surface area contributed by atoms with Crippen LogP contribution in [0, 0.1) is 11.3 Å². The maximum Gasteiger partial charge on any atom is 0.322 e. The summed E-state index contributed by atoms with van der Waals surface area (Å²) in [6, 6.07) is 18.8. The number of rotatable bonds is 3. The monoisotopic (exact) mass is 468 g/mol. The lowest BCUT2D eigenvalue weighted by molar-refractivity contribution is -0.00556. The van der Waals surface area contributed by atoms with Gasteiger partial charge in [-0.25, -0.2) is 14.8 Å². The van der Waals surface area contributed by atoms with Crippen LogP contribution >= 0.6 is 0 Å². The van der Waals surface area contributed by atoms with Crippen molar-refractivity contribution in [2.75, 3.05) is 29.9 Å². The topological polar surface area (TPSA) is 94.4 Å². The van der Waals surface area contributed by atoms with Crippen molar-refractivity contribution in [3.8, 4) is 17.5 Å². The number of nitrogens with zero attached hydrogens (tertiary/aromatic N) is 5. The number of fused-ring (bicyclic) bond motifs is 1. The van der Waals surface area contributed by atoms with E-state index in [1.54, 1.807) is 29.2 Å². The predicted molar refractivity (Wildman–Crippen MR) is 134 cm³/mol. The smallest absolute Gasteiger partial charge is 0.322 e. The summed E-state index contributed by atoms with van der Waals surface area (Å²) in [5.41, 5.74) is 4.05. The van der Waals surface area contributed by atoms with Gasteiger partial charge in [0.05, 0.1) is 36.1 Å². The van der Waals surface area contributed by atoms with Gasteiger partial charge in [0, 0.05) is 42.9 Å². The summed E-state index contributed by atoms with van der Waals surface area (Å²) in [7, 11) is 0.